The molecule has 0 saturated carbocycles. The quantitative estimate of drug-likeness (QED) is 0.219. The summed E-state index contributed by atoms with van der Waals surface area (Å²) in [6.45, 7) is -0.436. The van der Waals surface area contributed by atoms with E-state index >= 15 is 0 Å². The highest BCUT2D eigenvalue weighted by Crippen LogP contribution is 2.09. The second kappa shape index (κ2) is 6.86. The average molecular weight is 239 g/mol. The van der Waals surface area contributed by atoms with Gasteiger partial charge in [-0.15, -0.1) is 0 Å². The summed E-state index contributed by atoms with van der Waals surface area (Å²) in [6, 6.07) is 0. The van der Waals surface area contributed by atoms with Gasteiger partial charge in [0.15, 0.2) is 6.23 Å². The Morgan fingerprint density at radius 3 is 1.94 bits per heavy atom. The van der Waals surface area contributed by atoms with Gasteiger partial charge in [-0.3, -0.25) is 10.5 Å². The predicted molar refractivity (Wildman–Crippen MR) is 50.9 cm³/mol. The number of hydrogen-bond donors (Lipinski definition) is 7. The van der Waals surface area contributed by atoms with Crippen LogP contribution in [-0.4, -0.2) is 73.7 Å². The number of hydrogen-bond acceptors (Lipinski definition) is 8. The Morgan fingerprint density at radius 1 is 1.06 bits per heavy atom. The molecule has 96 valence electrons. The van der Waals surface area contributed by atoms with Crippen LogP contribution in [0.4, 0.5) is 0 Å². The van der Waals surface area contributed by atoms with Crippen LogP contribution in [0.5, 0.6) is 0 Å². The molecule has 0 radical (unpaired) electrons. The molecule has 0 amide bonds. The van der Waals surface area contributed by atoms with Gasteiger partial charge in [-0.1, -0.05) is 0 Å². The van der Waals surface area contributed by atoms with Crippen LogP contribution in [-0.2, 0) is 4.79 Å². The fourth-order valence-corrected chi connectivity index (χ4v) is 1.06. The van der Waals surface area contributed by atoms with Gasteiger partial charge in [-0.2, -0.15) is 0 Å². The molecule has 0 heterocycles. The van der Waals surface area contributed by atoms with Gasteiger partial charge in [0.05, 0.1) is 6.10 Å². The van der Waals surface area contributed by atoms with Gasteiger partial charge in [0.2, 0.25) is 5.78 Å². The molecule has 0 saturated heterocycles. The van der Waals surface area contributed by atoms with Gasteiger partial charge < -0.3 is 30.6 Å². The van der Waals surface area contributed by atoms with E-state index in [2.05, 4.69) is 0 Å². The number of carbonyl (C=O) groups is 1. The van der Waals surface area contributed by atoms with Crippen molar-refractivity contribution in [3.05, 3.63) is 0 Å². The first-order valence-corrected chi connectivity index (χ1v) is 4.63. The fourth-order valence-electron chi connectivity index (χ4n) is 1.06. The fraction of sp³-hybridized carbons (Fsp3) is 0.875. The van der Waals surface area contributed by atoms with E-state index in [1.807, 2.05) is 0 Å². The van der Waals surface area contributed by atoms with Gasteiger partial charge in [0, 0.05) is 6.61 Å². The van der Waals surface area contributed by atoms with Crippen molar-refractivity contribution in [2.75, 3.05) is 6.61 Å². The van der Waals surface area contributed by atoms with Crippen LogP contribution in [0.25, 0.3) is 0 Å². The zero-order valence-electron chi connectivity index (χ0n) is 8.47. The summed E-state index contributed by atoms with van der Waals surface area (Å²) >= 11 is 0. The molecule has 0 aromatic rings. The Kier molecular flexibility index (Phi) is 6.60. The number of aliphatic hydroxyl groups is 6. The Balaban J connectivity index is 4.42. The van der Waals surface area contributed by atoms with Crippen LogP contribution in [0, 0.1) is 0 Å². The van der Waals surface area contributed by atoms with E-state index in [0.717, 1.165) is 0 Å². The standard InChI is InChI=1S/C8H17NO7/c9-8(16)7(15)6(14)5(13)4(12)3(11)1-2-10/h3-6,8,10-14,16H,1-2,9H2/t3?,4-,5+,6-,8?/m0/s1. The SMILES string of the molecule is NC(O)C(=O)[C@@H](O)[C@H](O)[C@@H](O)C(O)CCO. The van der Waals surface area contributed by atoms with E-state index in [4.69, 9.17) is 15.9 Å². The average Bonchev–Trinajstić information content (AvgIpc) is 2.25. The molecular formula is C8H17NO7. The van der Waals surface area contributed by atoms with Crippen molar-refractivity contribution >= 4 is 5.78 Å². The predicted octanol–water partition coefficient (Wildman–Crippen LogP) is -4.34. The molecular weight excluding hydrogens is 222 g/mol. The molecule has 16 heavy (non-hydrogen) atoms. The van der Waals surface area contributed by atoms with Crippen LogP contribution in [0.15, 0.2) is 0 Å². The minimum atomic E-state index is -2.11. The minimum absolute atomic E-state index is 0.232. The van der Waals surface area contributed by atoms with Gasteiger partial charge in [0.25, 0.3) is 0 Å². The maximum Gasteiger partial charge on any atom is 0.206 e. The summed E-state index contributed by atoms with van der Waals surface area (Å²) in [7, 11) is 0. The highest BCUT2D eigenvalue weighted by molar-refractivity contribution is 5.86. The Hall–Kier alpha value is -0.610. The van der Waals surface area contributed by atoms with Gasteiger partial charge >= 0.3 is 0 Å². The molecule has 0 aliphatic heterocycles. The van der Waals surface area contributed by atoms with Crippen LogP contribution in [0.3, 0.4) is 0 Å². The maximum absolute atomic E-state index is 10.9. The Bertz CT molecular complexity index is 222. The molecule has 5 atom stereocenters. The second-order valence-corrected chi connectivity index (χ2v) is 3.35. The third-order valence-corrected chi connectivity index (χ3v) is 2.08. The minimum Gasteiger partial charge on any atom is -0.396 e. The highest BCUT2D eigenvalue weighted by Gasteiger charge is 2.35. The Labute approximate surface area is 91.6 Å². The topological polar surface area (TPSA) is 164 Å². The molecule has 0 rings (SSSR count). The normalized spacial score (nSPS) is 20.9. The molecule has 8 N–H and O–H groups in total. The summed E-state index contributed by atoms with van der Waals surface area (Å²) in [6.07, 6.45) is -9.64. The van der Waals surface area contributed by atoms with Crippen molar-refractivity contribution in [3.8, 4) is 0 Å². The first-order valence-electron chi connectivity index (χ1n) is 4.63. The molecule has 0 aliphatic carbocycles. The van der Waals surface area contributed by atoms with Crippen LogP contribution in [0.1, 0.15) is 6.42 Å². The summed E-state index contributed by atoms with van der Waals surface area (Å²) in [5.74, 6) is -1.28. The summed E-state index contributed by atoms with van der Waals surface area (Å²) in [5, 5.41) is 54.0. The molecule has 2 unspecified atom stereocenters. The molecule has 0 aromatic carbocycles. The number of ketones is 1. The first-order chi connectivity index (χ1) is 7.32. The lowest BCUT2D eigenvalue weighted by Gasteiger charge is -2.25. The summed E-state index contributed by atoms with van der Waals surface area (Å²) < 4.78 is 0. The molecule has 0 spiro atoms. The Morgan fingerprint density at radius 2 is 1.56 bits per heavy atom. The van der Waals surface area contributed by atoms with Gasteiger partial charge in [-0.05, 0) is 6.42 Å². The van der Waals surface area contributed by atoms with E-state index in [-0.39, 0.29) is 6.42 Å². The van der Waals surface area contributed by atoms with E-state index < -0.39 is 43.0 Å². The third kappa shape index (κ3) is 4.10. The first kappa shape index (κ1) is 15.4. The van der Waals surface area contributed by atoms with Crippen molar-refractivity contribution in [1.82, 2.24) is 0 Å². The largest absolute Gasteiger partial charge is 0.396 e. The van der Waals surface area contributed by atoms with E-state index in [1.54, 1.807) is 0 Å². The maximum atomic E-state index is 10.9. The van der Waals surface area contributed by atoms with Crippen molar-refractivity contribution in [2.45, 2.75) is 37.1 Å². The van der Waals surface area contributed by atoms with Crippen molar-refractivity contribution in [1.29, 1.82) is 0 Å². The smallest absolute Gasteiger partial charge is 0.206 e. The second-order valence-electron chi connectivity index (χ2n) is 3.35. The molecule has 0 aliphatic rings. The number of rotatable bonds is 7. The van der Waals surface area contributed by atoms with Crippen LogP contribution >= 0.6 is 0 Å². The van der Waals surface area contributed by atoms with Crippen molar-refractivity contribution in [3.63, 3.8) is 0 Å². The number of Topliss-reactive ketones (excluding diaryl/α,β-unsaturated/α-hetero) is 1. The highest BCUT2D eigenvalue weighted by atomic mass is 16.4. The monoisotopic (exact) mass is 239 g/mol. The van der Waals surface area contributed by atoms with Crippen molar-refractivity contribution in [2.24, 2.45) is 5.73 Å². The summed E-state index contributed by atoms with van der Waals surface area (Å²) in [4.78, 5) is 10.9. The number of aliphatic hydroxyl groups excluding tert-OH is 6. The summed E-state index contributed by atoms with van der Waals surface area (Å²) in [5.41, 5.74) is 4.76. The molecule has 8 heteroatoms. The molecule has 0 bridgehead atoms. The van der Waals surface area contributed by atoms with Crippen LogP contribution in [0.2, 0.25) is 0 Å². The number of nitrogens with two attached hydrogens (primary N) is 1. The third-order valence-electron chi connectivity index (χ3n) is 2.08. The lowest BCUT2D eigenvalue weighted by atomic mass is 9.98. The van der Waals surface area contributed by atoms with Gasteiger partial charge in [-0.25, -0.2) is 0 Å². The van der Waals surface area contributed by atoms with E-state index in [1.165, 1.54) is 0 Å². The van der Waals surface area contributed by atoms with E-state index in [0.29, 0.717) is 0 Å². The molecule has 0 aromatic heterocycles. The lowest BCUT2D eigenvalue weighted by Crippen LogP contribution is -2.51. The number of carbonyl (C=O) groups excluding carboxylic acids is 1. The molecule has 8 nitrogen and oxygen atoms in total. The molecule has 0 fully saturated rings. The zero-order chi connectivity index (χ0) is 12.9. The zero-order valence-corrected chi connectivity index (χ0v) is 8.47. The van der Waals surface area contributed by atoms with E-state index in [9.17, 15) is 25.2 Å². The van der Waals surface area contributed by atoms with Crippen molar-refractivity contribution < 1.29 is 35.4 Å². The van der Waals surface area contributed by atoms with Crippen LogP contribution < -0.4 is 5.73 Å². The van der Waals surface area contributed by atoms with Gasteiger partial charge in [0.1, 0.15) is 18.3 Å². The lowest BCUT2D eigenvalue weighted by molar-refractivity contribution is -0.152.